The van der Waals surface area contributed by atoms with E-state index in [4.69, 9.17) is 0 Å². The molecule has 1 saturated carbocycles. The van der Waals surface area contributed by atoms with Crippen LogP contribution in [0, 0.1) is 5.41 Å². The molecule has 0 saturated heterocycles. The highest BCUT2D eigenvalue weighted by Crippen LogP contribution is 2.60. The van der Waals surface area contributed by atoms with Crippen molar-refractivity contribution in [3.8, 4) is 0 Å². The summed E-state index contributed by atoms with van der Waals surface area (Å²) in [5, 5.41) is 0. The molecule has 0 amide bonds. The van der Waals surface area contributed by atoms with Gasteiger partial charge in [0.05, 0.1) is 0 Å². The van der Waals surface area contributed by atoms with Crippen molar-refractivity contribution in [2.45, 2.75) is 31.0 Å². The van der Waals surface area contributed by atoms with E-state index in [1.165, 1.54) is 24.8 Å². The maximum atomic E-state index is 3.84. The Morgan fingerprint density at radius 1 is 1.29 bits per heavy atom. The normalized spacial score (nSPS) is 20.5. The number of halogens is 2. The summed E-state index contributed by atoms with van der Waals surface area (Å²) in [6.07, 6.45) is 4.02. The molecular formula is C12H14Br2. The zero-order valence-electron chi connectivity index (χ0n) is 8.26. The van der Waals surface area contributed by atoms with Crippen molar-refractivity contribution in [1.82, 2.24) is 0 Å². The summed E-state index contributed by atoms with van der Waals surface area (Å²) < 4.78 is 1.15. The SMILES string of the molecule is CCC1(C(Br)c2ccc(Br)cc2)CC1. The van der Waals surface area contributed by atoms with Gasteiger partial charge < -0.3 is 0 Å². The monoisotopic (exact) mass is 316 g/mol. The lowest BCUT2D eigenvalue weighted by atomic mass is 9.94. The van der Waals surface area contributed by atoms with E-state index in [2.05, 4.69) is 63.0 Å². The van der Waals surface area contributed by atoms with Gasteiger partial charge in [-0.1, -0.05) is 50.9 Å². The van der Waals surface area contributed by atoms with Gasteiger partial charge in [0.2, 0.25) is 0 Å². The first-order valence-corrected chi connectivity index (χ1v) is 6.78. The molecule has 0 spiro atoms. The van der Waals surface area contributed by atoms with Gasteiger partial charge in [-0.05, 0) is 42.4 Å². The van der Waals surface area contributed by atoms with E-state index in [1.54, 1.807) is 0 Å². The van der Waals surface area contributed by atoms with E-state index >= 15 is 0 Å². The van der Waals surface area contributed by atoms with Gasteiger partial charge in [0.25, 0.3) is 0 Å². The molecule has 1 unspecified atom stereocenters. The van der Waals surface area contributed by atoms with Crippen LogP contribution in [0.25, 0.3) is 0 Å². The molecule has 0 bridgehead atoms. The molecule has 2 heteroatoms. The smallest absolute Gasteiger partial charge is 0.0451 e. The summed E-state index contributed by atoms with van der Waals surface area (Å²) in [5.74, 6) is 0. The quantitative estimate of drug-likeness (QED) is 0.682. The molecule has 0 N–H and O–H groups in total. The third kappa shape index (κ3) is 1.92. The van der Waals surface area contributed by atoms with Crippen molar-refractivity contribution in [2.24, 2.45) is 5.41 Å². The first kappa shape index (κ1) is 10.7. The number of rotatable bonds is 3. The van der Waals surface area contributed by atoms with Gasteiger partial charge in [-0.25, -0.2) is 0 Å². The van der Waals surface area contributed by atoms with Gasteiger partial charge in [0.1, 0.15) is 0 Å². The molecule has 1 aliphatic rings. The standard InChI is InChI=1S/C12H14Br2/c1-2-12(7-8-12)11(14)9-3-5-10(13)6-4-9/h3-6,11H,2,7-8H2,1H3. The first-order valence-electron chi connectivity index (χ1n) is 5.07. The van der Waals surface area contributed by atoms with Crippen LogP contribution in [0.5, 0.6) is 0 Å². The molecule has 1 aromatic carbocycles. The van der Waals surface area contributed by atoms with Crippen molar-refractivity contribution >= 4 is 31.9 Å². The molecular weight excluding hydrogens is 304 g/mol. The van der Waals surface area contributed by atoms with E-state index < -0.39 is 0 Å². The maximum Gasteiger partial charge on any atom is 0.0451 e. The van der Waals surface area contributed by atoms with Gasteiger partial charge in [-0.15, -0.1) is 0 Å². The molecule has 0 aliphatic heterocycles. The first-order chi connectivity index (χ1) is 6.68. The average molecular weight is 318 g/mol. The topological polar surface area (TPSA) is 0 Å². The maximum absolute atomic E-state index is 3.84. The minimum Gasteiger partial charge on any atom is -0.0833 e. The Hall–Kier alpha value is 0.180. The highest BCUT2D eigenvalue weighted by atomic mass is 79.9. The van der Waals surface area contributed by atoms with Gasteiger partial charge in [-0.3, -0.25) is 0 Å². The van der Waals surface area contributed by atoms with Crippen molar-refractivity contribution in [3.63, 3.8) is 0 Å². The number of benzene rings is 1. The Bertz CT molecular complexity index is 312. The summed E-state index contributed by atoms with van der Waals surface area (Å²) >= 11 is 7.30. The Labute approximate surface area is 102 Å². The molecule has 14 heavy (non-hydrogen) atoms. The van der Waals surface area contributed by atoms with Gasteiger partial charge in [0.15, 0.2) is 0 Å². The third-order valence-corrected chi connectivity index (χ3v) is 5.33. The second-order valence-electron chi connectivity index (χ2n) is 4.13. The van der Waals surface area contributed by atoms with Gasteiger partial charge in [0, 0.05) is 9.30 Å². The number of hydrogen-bond acceptors (Lipinski definition) is 0. The average Bonchev–Trinajstić information content (AvgIpc) is 2.99. The fraction of sp³-hybridized carbons (Fsp3) is 0.500. The van der Waals surface area contributed by atoms with Crippen LogP contribution in [0.3, 0.4) is 0 Å². The van der Waals surface area contributed by atoms with Gasteiger partial charge in [-0.2, -0.15) is 0 Å². The van der Waals surface area contributed by atoms with Gasteiger partial charge >= 0.3 is 0 Å². The van der Waals surface area contributed by atoms with E-state index in [-0.39, 0.29) is 0 Å². The summed E-state index contributed by atoms with van der Waals surface area (Å²) in [6.45, 7) is 2.29. The van der Waals surface area contributed by atoms with Crippen LogP contribution < -0.4 is 0 Å². The van der Waals surface area contributed by atoms with Crippen LogP contribution in [0.15, 0.2) is 28.7 Å². The van der Waals surface area contributed by atoms with Crippen LogP contribution in [-0.4, -0.2) is 0 Å². The van der Waals surface area contributed by atoms with Crippen LogP contribution in [-0.2, 0) is 0 Å². The summed E-state index contributed by atoms with van der Waals surface area (Å²) in [6, 6.07) is 8.66. The molecule has 1 atom stereocenters. The summed E-state index contributed by atoms with van der Waals surface area (Å²) in [5.41, 5.74) is 1.96. The molecule has 0 heterocycles. The molecule has 1 aliphatic carbocycles. The Balaban J connectivity index is 2.19. The Morgan fingerprint density at radius 2 is 1.86 bits per heavy atom. The molecule has 0 radical (unpaired) electrons. The number of hydrogen-bond donors (Lipinski definition) is 0. The van der Waals surface area contributed by atoms with Crippen molar-refractivity contribution < 1.29 is 0 Å². The molecule has 0 nitrogen and oxygen atoms in total. The highest BCUT2D eigenvalue weighted by molar-refractivity contribution is 9.10. The zero-order valence-corrected chi connectivity index (χ0v) is 11.4. The lowest BCUT2D eigenvalue weighted by Crippen LogP contribution is -2.06. The minimum atomic E-state index is 0.535. The van der Waals surface area contributed by atoms with Crippen LogP contribution >= 0.6 is 31.9 Å². The lowest BCUT2D eigenvalue weighted by molar-refractivity contribution is 0.484. The minimum absolute atomic E-state index is 0.535. The largest absolute Gasteiger partial charge is 0.0833 e. The second kappa shape index (κ2) is 3.97. The Kier molecular flexibility index (Phi) is 3.03. The second-order valence-corrected chi connectivity index (χ2v) is 5.96. The fourth-order valence-electron chi connectivity index (χ4n) is 1.93. The van der Waals surface area contributed by atoms with E-state index in [0.29, 0.717) is 10.2 Å². The zero-order chi connectivity index (χ0) is 10.2. The fourth-order valence-corrected chi connectivity index (χ4v) is 3.28. The third-order valence-electron chi connectivity index (χ3n) is 3.30. The molecule has 0 aromatic heterocycles. The molecule has 76 valence electrons. The lowest BCUT2D eigenvalue weighted by Gasteiger charge is -2.20. The predicted octanol–water partition coefficient (Wildman–Crippen LogP) is 5.08. The van der Waals surface area contributed by atoms with E-state index in [1.807, 2.05) is 0 Å². The van der Waals surface area contributed by atoms with Crippen LogP contribution in [0.2, 0.25) is 0 Å². The highest BCUT2D eigenvalue weighted by Gasteiger charge is 2.46. The molecule has 1 fully saturated rings. The Morgan fingerprint density at radius 3 is 2.29 bits per heavy atom. The molecule has 2 rings (SSSR count). The van der Waals surface area contributed by atoms with E-state index in [9.17, 15) is 0 Å². The van der Waals surface area contributed by atoms with Crippen LogP contribution in [0.1, 0.15) is 36.6 Å². The molecule has 1 aromatic rings. The summed E-state index contributed by atoms with van der Waals surface area (Å²) in [4.78, 5) is 0.535. The summed E-state index contributed by atoms with van der Waals surface area (Å²) in [7, 11) is 0. The van der Waals surface area contributed by atoms with Crippen molar-refractivity contribution in [2.75, 3.05) is 0 Å². The van der Waals surface area contributed by atoms with Crippen molar-refractivity contribution in [1.29, 1.82) is 0 Å². The van der Waals surface area contributed by atoms with Crippen molar-refractivity contribution in [3.05, 3.63) is 34.3 Å². The number of alkyl halides is 1. The van der Waals surface area contributed by atoms with E-state index in [0.717, 1.165) is 4.47 Å². The van der Waals surface area contributed by atoms with Crippen LogP contribution in [0.4, 0.5) is 0 Å². The predicted molar refractivity (Wildman–Crippen MR) is 67.8 cm³/mol.